The van der Waals surface area contributed by atoms with Crippen LogP contribution in [0.2, 0.25) is 0 Å². The second-order valence-electron chi connectivity index (χ2n) is 3.01. The van der Waals surface area contributed by atoms with Gasteiger partial charge < -0.3 is 4.84 Å². The highest BCUT2D eigenvalue weighted by Crippen LogP contribution is 2.09. The Morgan fingerprint density at radius 1 is 1.71 bits per heavy atom. The van der Waals surface area contributed by atoms with Crippen LogP contribution in [-0.2, 0) is 15.6 Å². The summed E-state index contributed by atoms with van der Waals surface area (Å²) in [5.41, 5.74) is 0.856. The van der Waals surface area contributed by atoms with Crippen molar-refractivity contribution in [3.8, 4) is 6.07 Å². The maximum absolute atomic E-state index is 11.7. The second-order valence-corrected chi connectivity index (χ2v) is 4.67. The Labute approximate surface area is 102 Å². The van der Waals surface area contributed by atoms with Crippen LogP contribution in [0.25, 0.3) is 0 Å². The molecule has 0 radical (unpaired) electrons. The van der Waals surface area contributed by atoms with Gasteiger partial charge in [-0.25, -0.2) is 4.98 Å². The fraction of sp³-hybridized carbons (Fsp3) is 0.400. The van der Waals surface area contributed by atoms with E-state index in [-0.39, 0.29) is 11.4 Å². The Morgan fingerprint density at radius 3 is 2.94 bits per heavy atom. The first-order valence-electron chi connectivity index (χ1n) is 4.87. The quantitative estimate of drug-likeness (QED) is 0.583. The molecule has 0 spiro atoms. The summed E-state index contributed by atoms with van der Waals surface area (Å²) in [5, 5.41) is 12.8. The molecule has 0 fully saturated rings. The first-order chi connectivity index (χ1) is 8.13. The van der Waals surface area contributed by atoms with Crippen LogP contribution in [0.5, 0.6) is 0 Å². The number of rotatable bonds is 4. The number of aromatic nitrogens is 2. The van der Waals surface area contributed by atoms with Gasteiger partial charge in [0.05, 0.1) is 22.7 Å². The van der Waals surface area contributed by atoms with Crippen molar-refractivity contribution in [3.05, 3.63) is 17.6 Å². The lowest BCUT2D eigenvalue weighted by Crippen LogP contribution is -2.09. The first kappa shape index (κ1) is 13.3. The molecule has 0 saturated carbocycles. The van der Waals surface area contributed by atoms with Crippen LogP contribution in [0.3, 0.4) is 0 Å². The van der Waals surface area contributed by atoms with E-state index in [0.717, 1.165) is 0 Å². The van der Waals surface area contributed by atoms with Crippen molar-refractivity contribution in [2.24, 2.45) is 5.16 Å². The molecule has 0 amide bonds. The van der Waals surface area contributed by atoms with Crippen LogP contribution >= 0.6 is 0 Å². The van der Waals surface area contributed by atoms with Gasteiger partial charge in [0.2, 0.25) is 5.71 Å². The Hall–Kier alpha value is -1.81. The molecule has 1 atom stereocenters. The Morgan fingerprint density at radius 2 is 2.41 bits per heavy atom. The predicted octanol–water partition coefficient (Wildman–Crippen LogP) is 0.787. The van der Waals surface area contributed by atoms with Crippen molar-refractivity contribution >= 4 is 16.5 Å². The number of nitriles is 1. The van der Waals surface area contributed by atoms with Gasteiger partial charge in [-0.05, 0) is 6.92 Å². The third-order valence-corrected chi connectivity index (χ3v) is 3.26. The molecule has 90 valence electrons. The minimum absolute atomic E-state index is 0.00866. The van der Waals surface area contributed by atoms with Crippen LogP contribution in [0, 0.1) is 18.3 Å². The fourth-order valence-corrected chi connectivity index (χ4v) is 1.97. The Kier molecular flexibility index (Phi) is 4.72. The summed E-state index contributed by atoms with van der Waals surface area (Å²) in [4.78, 5) is 12.7. The molecular weight excluding hydrogens is 240 g/mol. The molecule has 17 heavy (non-hydrogen) atoms. The summed E-state index contributed by atoms with van der Waals surface area (Å²) >= 11 is 0. The van der Waals surface area contributed by atoms with E-state index in [2.05, 4.69) is 20.0 Å². The molecule has 7 heteroatoms. The smallest absolute Gasteiger partial charge is 0.206 e. The van der Waals surface area contributed by atoms with Crippen LogP contribution in [0.1, 0.15) is 18.3 Å². The third kappa shape index (κ3) is 3.07. The Balaban J connectivity index is 3.26. The summed E-state index contributed by atoms with van der Waals surface area (Å²) in [6.07, 6.45) is 1.41. The highest BCUT2D eigenvalue weighted by atomic mass is 32.2. The molecule has 1 unspecified atom stereocenters. The zero-order valence-electron chi connectivity index (χ0n) is 9.80. The van der Waals surface area contributed by atoms with Gasteiger partial charge >= 0.3 is 0 Å². The number of hydrogen-bond donors (Lipinski definition) is 0. The van der Waals surface area contributed by atoms with Crippen molar-refractivity contribution in [1.29, 1.82) is 5.26 Å². The van der Waals surface area contributed by atoms with Crippen molar-refractivity contribution in [1.82, 2.24) is 9.97 Å². The van der Waals surface area contributed by atoms with E-state index >= 15 is 0 Å². The van der Waals surface area contributed by atoms with E-state index in [1.807, 2.05) is 6.07 Å². The molecule has 0 aliphatic heterocycles. The maximum Gasteiger partial charge on any atom is 0.206 e. The van der Waals surface area contributed by atoms with Crippen LogP contribution in [-0.4, -0.2) is 32.8 Å². The minimum atomic E-state index is -1.21. The van der Waals surface area contributed by atoms with E-state index in [0.29, 0.717) is 16.5 Å². The fourth-order valence-electron chi connectivity index (χ4n) is 1.11. The molecule has 0 bridgehead atoms. The lowest BCUT2D eigenvalue weighted by molar-refractivity contribution is 0.214. The number of hydrogen-bond acceptors (Lipinski definition) is 6. The molecule has 1 aromatic rings. The van der Waals surface area contributed by atoms with Gasteiger partial charge in [0.1, 0.15) is 23.9 Å². The van der Waals surface area contributed by atoms with Crippen LogP contribution < -0.4 is 0 Å². The maximum atomic E-state index is 11.7. The molecular formula is C10H12N4O2S. The highest BCUT2D eigenvalue weighted by Gasteiger charge is 2.13. The molecule has 0 saturated heterocycles. The van der Waals surface area contributed by atoms with Crippen molar-refractivity contribution < 1.29 is 9.05 Å². The zero-order chi connectivity index (χ0) is 12.8. The van der Waals surface area contributed by atoms with Crippen molar-refractivity contribution in [3.63, 3.8) is 0 Å². The van der Waals surface area contributed by atoms with Gasteiger partial charge in [-0.3, -0.25) is 9.19 Å². The molecule has 0 aromatic carbocycles. The highest BCUT2D eigenvalue weighted by molar-refractivity contribution is 7.84. The summed E-state index contributed by atoms with van der Waals surface area (Å²) in [7, 11) is 0.124. The molecule has 0 N–H and O–H groups in total. The predicted molar refractivity (Wildman–Crippen MR) is 62.9 cm³/mol. The van der Waals surface area contributed by atoms with Crippen LogP contribution in [0.15, 0.2) is 16.4 Å². The first-order valence-corrected chi connectivity index (χ1v) is 6.19. The van der Waals surface area contributed by atoms with Gasteiger partial charge in [0.25, 0.3) is 0 Å². The summed E-state index contributed by atoms with van der Waals surface area (Å²) in [6, 6.07) is 1.85. The number of aryl methyl sites for hydroxylation is 1. The molecule has 1 aromatic heterocycles. The van der Waals surface area contributed by atoms with E-state index in [9.17, 15) is 4.21 Å². The van der Waals surface area contributed by atoms with Crippen LogP contribution in [0.4, 0.5) is 0 Å². The van der Waals surface area contributed by atoms with E-state index in [4.69, 9.17) is 5.26 Å². The zero-order valence-corrected chi connectivity index (χ0v) is 10.6. The van der Waals surface area contributed by atoms with Gasteiger partial charge in [-0.15, -0.1) is 0 Å². The van der Waals surface area contributed by atoms with Gasteiger partial charge in [0, 0.05) is 5.75 Å². The van der Waals surface area contributed by atoms with Crippen molar-refractivity contribution in [2.45, 2.75) is 18.9 Å². The van der Waals surface area contributed by atoms with Gasteiger partial charge in [-0.2, -0.15) is 5.26 Å². The minimum Gasteiger partial charge on any atom is -0.398 e. The standard InChI is InChI=1S/C10H12N4O2S/c1-4-17(15)10-7(2)12-6-9(13-10)8(5-11)14-16-3/h6H,4H2,1-3H3/b14-8+. The molecule has 1 heterocycles. The monoisotopic (exact) mass is 252 g/mol. The van der Waals surface area contributed by atoms with E-state index in [1.165, 1.54) is 13.3 Å². The largest absolute Gasteiger partial charge is 0.398 e. The molecule has 0 aliphatic rings. The third-order valence-electron chi connectivity index (χ3n) is 1.92. The van der Waals surface area contributed by atoms with Gasteiger partial charge in [0.15, 0.2) is 0 Å². The van der Waals surface area contributed by atoms with E-state index in [1.54, 1.807) is 13.8 Å². The average Bonchev–Trinajstić information content (AvgIpc) is 2.36. The lowest BCUT2D eigenvalue weighted by Gasteiger charge is -2.04. The summed E-state index contributed by atoms with van der Waals surface area (Å²) < 4.78 is 11.7. The second kappa shape index (κ2) is 6.06. The average molecular weight is 252 g/mol. The lowest BCUT2D eigenvalue weighted by atomic mass is 10.3. The summed E-state index contributed by atoms with van der Waals surface area (Å²) in [5.74, 6) is 0.447. The topological polar surface area (TPSA) is 88.2 Å². The molecule has 0 aliphatic carbocycles. The van der Waals surface area contributed by atoms with Crippen molar-refractivity contribution in [2.75, 3.05) is 12.9 Å². The van der Waals surface area contributed by atoms with E-state index < -0.39 is 10.8 Å². The Bertz CT molecular complexity index is 508. The SMILES string of the molecule is CCS(=O)c1nc(/C(C#N)=N/OC)cnc1C. The molecule has 6 nitrogen and oxygen atoms in total. The summed E-state index contributed by atoms with van der Waals surface area (Å²) in [6.45, 7) is 3.51. The normalized spacial score (nSPS) is 12.9. The number of nitrogens with zero attached hydrogens (tertiary/aromatic N) is 4. The molecule has 1 rings (SSSR count). The number of oxime groups is 1. The van der Waals surface area contributed by atoms with Gasteiger partial charge in [-0.1, -0.05) is 12.1 Å².